The van der Waals surface area contributed by atoms with E-state index in [1.54, 1.807) is 13.0 Å². The van der Waals surface area contributed by atoms with Gasteiger partial charge in [0.25, 0.3) is 0 Å². The van der Waals surface area contributed by atoms with Gasteiger partial charge in [-0.25, -0.2) is 0 Å². The van der Waals surface area contributed by atoms with E-state index in [2.05, 4.69) is 16.4 Å². The third-order valence-electron chi connectivity index (χ3n) is 14.5. The molecule has 2 aromatic carbocycles. The lowest BCUT2D eigenvalue weighted by molar-refractivity contribution is 0.103. The average Bonchev–Trinajstić information content (AvgIpc) is 4.04. The van der Waals surface area contributed by atoms with E-state index in [1.165, 1.54) is 18.4 Å². The lowest BCUT2D eigenvalue weighted by atomic mass is 9.75. The number of unbranched alkanes of at least 4 members (excludes halogenated alkanes) is 3. The molecule has 11 N–H and O–H groups in total. The Morgan fingerprint density at radius 1 is 0.877 bits per heavy atom. The van der Waals surface area contributed by atoms with Gasteiger partial charge >= 0.3 is 0 Å². The lowest BCUT2D eigenvalue weighted by Crippen LogP contribution is -2.42. The fraction of sp³-hybridized carbons (Fsp3) is 0.585. The van der Waals surface area contributed by atoms with Gasteiger partial charge in [0.05, 0.1) is 25.4 Å². The van der Waals surface area contributed by atoms with Gasteiger partial charge in [-0.3, -0.25) is 0 Å². The number of aliphatic hydroxyl groups excluding tert-OH is 6. The molecular weight excluding hydrogens is 823 g/mol. The van der Waals surface area contributed by atoms with Gasteiger partial charge < -0.3 is 60.9 Å². The maximum atomic E-state index is 11.4. The van der Waals surface area contributed by atoms with Crippen LogP contribution in [0, 0.1) is 17.8 Å². The molecule has 3 aliphatic rings. The van der Waals surface area contributed by atoms with Crippen molar-refractivity contribution in [1.82, 2.24) is 10.3 Å². The maximum absolute atomic E-state index is 11.4. The highest BCUT2D eigenvalue weighted by Gasteiger charge is 2.42. The quantitative estimate of drug-likeness (QED) is 0.0297. The average molecular weight is 898 g/mol. The summed E-state index contributed by atoms with van der Waals surface area (Å²) in [5.74, 6) is 3.24. The van der Waals surface area contributed by atoms with Crippen LogP contribution in [0.1, 0.15) is 158 Å². The van der Waals surface area contributed by atoms with Crippen molar-refractivity contribution in [2.45, 2.75) is 159 Å². The molecule has 1 saturated carbocycles. The van der Waals surface area contributed by atoms with Crippen LogP contribution in [-0.4, -0.2) is 78.7 Å². The molecule has 4 aromatic rings. The van der Waals surface area contributed by atoms with Crippen molar-refractivity contribution in [3.05, 3.63) is 111 Å². The lowest BCUT2D eigenvalue weighted by Gasteiger charge is -2.35. The molecule has 0 amide bonds. The van der Waals surface area contributed by atoms with Crippen LogP contribution < -0.4 is 15.8 Å². The van der Waals surface area contributed by atoms with Crippen LogP contribution >= 0.6 is 0 Å². The van der Waals surface area contributed by atoms with Gasteiger partial charge in [-0.2, -0.15) is 0 Å². The number of aliphatic hydroxyl groups is 6. The molecule has 356 valence electrons. The monoisotopic (exact) mass is 898 g/mol. The minimum atomic E-state index is -0.941. The molecule has 12 nitrogen and oxygen atoms in total. The van der Waals surface area contributed by atoms with Gasteiger partial charge in [0.2, 0.25) is 0 Å². The number of furan rings is 1. The van der Waals surface area contributed by atoms with Crippen molar-refractivity contribution in [3.8, 4) is 11.5 Å². The highest BCUT2D eigenvalue weighted by molar-refractivity contribution is 5.59. The Kier molecular flexibility index (Phi) is 17.8. The molecule has 1 fully saturated rings. The second kappa shape index (κ2) is 23.7. The topological polar surface area (TPSA) is 218 Å². The van der Waals surface area contributed by atoms with Gasteiger partial charge in [-0.05, 0) is 135 Å². The van der Waals surface area contributed by atoms with Crippen molar-refractivity contribution < 1.29 is 44.9 Å². The number of rotatable bonds is 25. The van der Waals surface area contributed by atoms with E-state index in [0.717, 1.165) is 109 Å². The van der Waals surface area contributed by atoms with Gasteiger partial charge in [-0.1, -0.05) is 62.5 Å². The van der Waals surface area contributed by atoms with Crippen molar-refractivity contribution in [3.63, 3.8) is 0 Å². The number of fused-ring (bicyclic) bond motifs is 3. The Morgan fingerprint density at radius 2 is 1.71 bits per heavy atom. The second-order valence-electron chi connectivity index (χ2n) is 19.3. The standard InChI is InChI=1S/C53H75N3O9/c1-33(60)29-55-46(11-7-23-57)52-42-10-6-8-36(42)18-21-45-44(52)28-47(56-45)49(62)32-64-51-25-34(15-22-48(51)61)13-19-41-27-39(31-59)50(65-41)12-5-3-2-4-9-40(54)26-38-17-16-37-24-35(30-58)14-20-43(37)53(38)63/h14-17,20,22,24-25,27-28,33,36,38,40,42,46,49,52-53,55-63H,2-13,18-19,21,23,26,29-32,54H2,1H3. The molecule has 0 saturated heterocycles. The van der Waals surface area contributed by atoms with Crippen LogP contribution in [0.3, 0.4) is 0 Å². The Labute approximate surface area is 385 Å². The molecule has 65 heavy (non-hydrogen) atoms. The van der Waals surface area contributed by atoms with Gasteiger partial charge in [0, 0.05) is 66.9 Å². The van der Waals surface area contributed by atoms with E-state index in [9.17, 15) is 35.7 Å². The number of nitrogens with one attached hydrogen (secondary N) is 2. The molecular formula is C53H75N3O9. The van der Waals surface area contributed by atoms with Crippen LogP contribution in [0.2, 0.25) is 0 Å². The molecule has 0 radical (unpaired) electrons. The molecule has 7 rings (SSSR count). The first-order chi connectivity index (χ1) is 31.5. The smallest absolute Gasteiger partial charge is 0.161 e. The summed E-state index contributed by atoms with van der Waals surface area (Å²) in [5, 5.41) is 76.2. The Balaban J connectivity index is 0.870. The number of H-pyrrole nitrogens is 1. The summed E-state index contributed by atoms with van der Waals surface area (Å²) in [6, 6.07) is 15.1. The first kappa shape index (κ1) is 48.9. The molecule has 0 bridgehead atoms. The predicted molar refractivity (Wildman–Crippen MR) is 252 cm³/mol. The number of hydrogen-bond donors (Lipinski definition) is 10. The molecule has 3 aliphatic carbocycles. The molecule has 2 aromatic heterocycles. The number of hydrogen-bond acceptors (Lipinski definition) is 11. The molecule has 9 unspecified atom stereocenters. The van der Waals surface area contributed by atoms with E-state index >= 15 is 0 Å². The van der Waals surface area contributed by atoms with Crippen molar-refractivity contribution in [1.29, 1.82) is 0 Å². The van der Waals surface area contributed by atoms with Crippen molar-refractivity contribution >= 4 is 6.08 Å². The summed E-state index contributed by atoms with van der Waals surface area (Å²) in [6.07, 6.45) is 16.8. The van der Waals surface area contributed by atoms with Crippen LogP contribution in [0.4, 0.5) is 0 Å². The SMILES string of the molecule is CC(O)CNC(CCCO)C1c2cc(C(O)COc3cc(CCc4cc(CO)c(CCCCCCC(N)CC5C=Cc6cc(CO)ccc6C5O)o4)ccc3O)[nH]c2CCC2CCCC21. The largest absolute Gasteiger partial charge is 0.504 e. The zero-order valence-corrected chi connectivity index (χ0v) is 38.3. The first-order valence-electron chi connectivity index (χ1n) is 24.5. The van der Waals surface area contributed by atoms with E-state index in [1.807, 2.05) is 48.6 Å². The Hall–Kier alpha value is -3.98. The van der Waals surface area contributed by atoms with Gasteiger partial charge in [0.15, 0.2) is 11.5 Å². The number of aromatic hydroxyl groups is 1. The van der Waals surface area contributed by atoms with Gasteiger partial charge in [-0.15, -0.1) is 0 Å². The minimum absolute atomic E-state index is 0.00106. The molecule has 0 spiro atoms. The summed E-state index contributed by atoms with van der Waals surface area (Å²) in [6.45, 7) is 2.25. The third-order valence-corrected chi connectivity index (χ3v) is 14.5. The number of ether oxygens (including phenoxy) is 1. The number of phenols is 1. The predicted octanol–water partition coefficient (Wildman–Crippen LogP) is 7.34. The molecule has 12 heteroatoms. The van der Waals surface area contributed by atoms with Crippen molar-refractivity contribution in [2.75, 3.05) is 19.8 Å². The number of nitrogens with two attached hydrogens (primary N) is 1. The number of aryl methyl sites for hydroxylation is 4. The Morgan fingerprint density at radius 3 is 2.51 bits per heavy atom. The highest BCUT2D eigenvalue weighted by atomic mass is 16.5. The van der Waals surface area contributed by atoms with Crippen LogP contribution in [0.15, 0.2) is 59.0 Å². The van der Waals surface area contributed by atoms with Crippen molar-refractivity contribution in [2.24, 2.45) is 23.5 Å². The Bertz CT molecular complexity index is 2130. The van der Waals surface area contributed by atoms with E-state index in [4.69, 9.17) is 14.9 Å². The summed E-state index contributed by atoms with van der Waals surface area (Å²) in [4.78, 5) is 3.56. The first-order valence-corrected chi connectivity index (χ1v) is 24.5. The number of aromatic nitrogens is 1. The molecule has 0 aliphatic heterocycles. The number of phenolic OH excluding ortho intramolecular Hbond substituents is 1. The molecule has 2 heterocycles. The van der Waals surface area contributed by atoms with Gasteiger partial charge in [0.1, 0.15) is 24.2 Å². The minimum Gasteiger partial charge on any atom is -0.504 e. The fourth-order valence-corrected chi connectivity index (χ4v) is 11.0. The normalized spacial score (nSPS) is 22.2. The zero-order valence-electron chi connectivity index (χ0n) is 38.3. The highest BCUT2D eigenvalue weighted by Crippen LogP contribution is 2.49. The van der Waals surface area contributed by atoms with Crippen LogP contribution in [0.25, 0.3) is 6.08 Å². The summed E-state index contributed by atoms with van der Waals surface area (Å²) >= 11 is 0. The number of benzene rings is 2. The molecule has 9 atom stereocenters. The number of aromatic amines is 1. The fourth-order valence-electron chi connectivity index (χ4n) is 11.0. The maximum Gasteiger partial charge on any atom is 0.161 e. The second-order valence-corrected chi connectivity index (χ2v) is 19.3. The van der Waals surface area contributed by atoms with E-state index < -0.39 is 18.3 Å². The summed E-state index contributed by atoms with van der Waals surface area (Å²) in [7, 11) is 0. The zero-order chi connectivity index (χ0) is 45.9. The summed E-state index contributed by atoms with van der Waals surface area (Å²) in [5.41, 5.74) is 14.0. The van der Waals surface area contributed by atoms with E-state index in [0.29, 0.717) is 55.5 Å². The van der Waals surface area contributed by atoms with E-state index in [-0.39, 0.29) is 56.1 Å². The third kappa shape index (κ3) is 12.7. The van der Waals surface area contributed by atoms with Crippen LogP contribution in [-0.2, 0) is 38.9 Å². The van der Waals surface area contributed by atoms with Crippen LogP contribution in [0.5, 0.6) is 11.5 Å². The summed E-state index contributed by atoms with van der Waals surface area (Å²) < 4.78 is 12.3.